The zero-order valence-electron chi connectivity index (χ0n) is 25.4. The molecule has 6 rings (SSSR count). The van der Waals surface area contributed by atoms with Crippen LogP contribution in [0.5, 0.6) is 11.5 Å². The van der Waals surface area contributed by atoms with Crippen molar-refractivity contribution < 1.29 is 32.4 Å². The highest BCUT2D eigenvalue weighted by Gasteiger charge is 2.35. The molecule has 0 bridgehead atoms. The van der Waals surface area contributed by atoms with Crippen molar-refractivity contribution in [3.05, 3.63) is 107 Å². The van der Waals surface area contributed by atoms with Crippen LogP contribution in [0.25, 0.3) is 16.8 Å². The van der Waals surface area contributed by atoms with Gasteiger partial charge in [0.1, 0.15) is 0 Å². The molecule has 10 heteroatoms. The number of sulfonamides is 1. The lowest BCUT2D eigenvalue weighted by Gasteiger charge is -2.32. The summed E-state index contributed by atoms with van der Waals surface area (Å²) in [5.74, 6) is -0.123. The predicted octanol–water partition coefficient (Wildman–Crippen LogP) is 3.30. The molecule has 4 aromatic carbocycles. The Hall–Kier alpha value is -4.51. The third-order valence-electron chi connectivity index (χ3n) is 8.59. The molecular formula is C35H36N3O6S+. The number of nitrogens with zero attached hydrogens (tertiary/aromatic N) is 2. The van der Waals surface area contributed by atoms with Crippen molar-refractivity contribution in [2.24, 2.45) is 0 Å². The minimum atomic E-state index is -3.92. The minimum absolute atomic E-state index is 0.00602. The second-order valence-corrected chi connectivity index (χ2v) is 13.1. The summed E-state index contributed by atoms with van der Waals surface area (Å²) in [5, 5.41) is 1.48. The van der Waals surface area contributed by atoms with E-state index in [4.69, 9.17) is 9.47 Å². The normalized spacial score (nSPS) is 16.1. The molecule has 45 heavy (non-hydrogen) atoms. The summed E-state index contributed by atoms with van der Waals surface area (Å²) in [4.78, 5) is 29.6. The number of carbonyl (C=O) groups is 2. The summed E-state index contributed by atoms with van der Waals surface area (Å²) in [6.45, 7) is 2.89. The summed E-state index contributed by atoms with van der Waals surface area (Å²) in [7, 11) is -0.974. The van der Waals surface area contributed by atoms with Crippen LogP contribution in [-0.2, 0) is 16.4 Å². The van der Waals surface area contributed by atoms with E-state index in [9.17, 15) is 18.0 Å². The summed E-state index contributed by atoms with van der Waals surface area (Å²) in [6, 6.07) is 24.0. The number of rotatable bonds is 10. The van der Waals surface area contributed by atoms with Crippen LogP contribution >= 0.6 is 0 Å². The van der Waals surface area contributed by atoms with Gasteiger partial charge in [0.25, 0.3) is 11.8 Å². The molecule has 9 nitrogen and oxygen atoms in total. The van der Waals surface area contributed by atoms with Crippen LogP contribution in [-0.4, -0.2) is 82.9 Å². The van der Waals surface area contributed by atoms with E-state index >= 15 is 0 Å². The molecule has 0 saturated carbocycles. The van der Waals surface area contributed by atoms with E-state index in [-0.39, 0.29) is 17.9 Å². The van der Waals surface area contributed by atoms with Crippen LogP contribution in [0.2, 0.25) is 0 Å². The molecule has 0 radical (unpaired) electrons. The Morgan fingerprint density at radius 3 is 2.07 bits per heavy atom. The molecule has 232 valence electrons. The number of benzene rings is 4. The maximum atomic E-state index is 14.1. The van der Waals surface area contributed by atoms with Gasteiger partial charge in [-0.1, -0.05) is 60.7 Å². The Bertz CT molecular complexity index is 1830. The molecule has 2 heterocycles. The number of hydrogen-bond acceptors (Lipinski definition) is 6. The predicted molar refractivity (Wildman–Crippen MR) is 172 cm³/mol. The van der Waals surface area contributed by atoms with E-state index in [0.717, 1.165) is 17.5 Å². The minimum Gasteiger partial charge on any atom is -0.493 e. The number of carbonyl (C=O) groups excluding carboxylic acids is 2. The van der Waals surface area contributed by atoms with E-state index in [0.29, 0.717) is 59.8 Å². The first-order valence-electron chi connectivity index (χ1n) is 15.0. The van der Waals surface area contributed by atoms with Crippen LogP contribution in [0.15, 0.2) is 89.8 Å². The van der Waals surface area contributed by atoms with E-state index in [1.54, 1.807) is 30.3 Å². The lowest BCUT2D eigenvalue weighted by Crippen LogP contribution is -3.14. The van der Waals surface area contributed by atoms with Gasteiger partial charge >= 0.3 is 0 Å². The van der Waals surface area contributed by atoms with Crippen molar-refractivity contribution in [2.75, 3.05) is 53.5 Å². The van der Waals surface area contributed by atoms with Crippen molar-refractivity contribution in [3.63, 3.8) is 0 Å². The fourth-order valence-electron chi connectivity index (χ4n) is 6.17. The maximum absolute atomic E-state index is 14.1. The first-order valence-corrected chi connectivity index (χ1v) is 16.4. The first-order chi connectivity index (χ1) is 21.8. The third-order valence-corrected chi connectivity index (χ3v) is 10.6. The molecule has 2 aliphatic heterocycles. The smallest absolute Gasteiger partial charge is 0.261 e. The molecule has 0 atom stereocenters. The molecular weight excluding hydrogens is 590 g/mol. The third kappa shape index (κ3) is 5.96. The molecule has 0 unspecified atom stereocenters. The quantitative estimate of drug-likeness (QED) is 0.272. The molecule has 2 amide bonds. The van der Waals surface area contributed by atoms with Crippen molar-refractivity contribution in [3.8, 4) is 11.5 Å². The van der Waals surface area contributed by atoms with Crippen LogP contribution in [0, 0.1) is 0 Å². The largest absolute Gasteiger partial charge is 0.493 e. The standard InChI is InChI=1S/C35H35N3O6S/c1-43-30-23-27(16-18-38-34(39)28-14-6-12-26-13-7-15-29(33(26)28)35(38)40)32(24-31(30)44-2)45(41,42)37-21-19-36(20-22-37)17-8-11-25-9-4-3-5-10-25/h3-15,23-24H,16-22H2,1-2H3/p+1/b11-8+. The molecule has 1 fully saturated rings. The van der Waals surface area contributed by atoms with E-state index in [2.05, 4.69) is 12.2 Å². The van der Waals surface area contributed by atoms with Gasteiger partial charge in [-0.25, -0.2) is 8.42 Å². The average Bonchev–Trinajstić information content (AvgIpc) is 3.07. The van der Waals surface area contributed by atoms with Gasteiger partial charge < -0.3 is 14.4 Å². The van der Waals surface area contributed by atoms with Gasteiger partial charge in [0.05, 0.1) is 51.8 Å². The Kier molecular flexibility index (Phi) is 8.71. The Balaban J connectivity index is 1.22. The van der Waals surface area contributed by atoms with Crippen molar-refractivity contribution in [1.82, 2.24) is 9.21 Å². The number of methoxy groups -OCH3 is 2. The van der Waals surface area contributed by atoms with Gasteiger partial charge in [-0.3, -0.25) is 14.5 Å². The van der Waals surface area contributed by atoms with Gasteiger partial charge in [0, 0.05) is 29.1 Å². The summed E-state index contributed by atoms with van der Waals surface area (Å²) in [6.07, 6.45) is 4.34. The highest BCUT2D eigenvalue weighted by Crippen LogP contribution is 2.35. The Morgan fingerprint density at radius 2 is 1.44 bits per heavy atom. The Labute approximate surface area is 263 Å². The lowest BCUT2D eigenvalue weighted by molar-refractivity contribution is -0.897. The van der Waals surface area contributed by atoms with E-state index in [1.165, 1.54) is 34.4 Å². The number of hydrogen-bond donors (Lipinski definition) is 1. The van der Waals surface area contributed by atoms with E-state index in [1.807, 2.05) is 42.5 Å². The maximum Gasteiger partial charge on any atom is 0.261 e. The number of piperazine rings is 1. The summed E-state index contributed by atoms with van der Waals surface area (Å²) >= 11 is 0. The van der Waals surface area contributed by atoms with Crippen molar-refractivity contribution in [1.29, 1.82) is 0 Å². The second-order valence-electron chi connectivity index (χ2n) is 11.2. The zero-order valence-corrected chi connectivity index (χ0v) is 26.2. The number of ether oxygens (including phenoxy) is 2. The molecule has 0 aliphatic carbocycles. The van der Waals surface area contributed by atoms with Gasteiger partial charge in [-0.05, 0) is 47.2 Å². The number of quaternary nitrogens is 1. The van der Waals surface area contributed by atoms with Crippen LogP contribution in [0.1, 0.15) is 31.8 Å². The molecule has 0 spiro atoms. The fourth-order valence-corrected chi connectivity index (χ4v) is 7.86. The molecule has 2 aliphatic rings. The Morgan fingerprint density at radius 1 is 0.822 bits per heavy atom. The van der Waals surface area contributed by atoms with Crippen molar-refractivity contribution in [2.45, 2.75) is 11.3 Å². The SMILES string of the molecule is COc1cc(CCN2C(=O)c3cccc4cccc(c34)C2=O)c(S(=O)(=O)N2CC[NH+](C/C=C/c3ccccc3)CC2)cc1OC. The fraction of sp³-hybridized carbons (Fsp3) is 0.257. The highest BCUT2D eigenvalue weighted by molar-refractivity contribution is 7.89. The number of nitrogens with one attached hydrogen (secondary N) is 1. The average molecular weight is 627 g/mol. The van der Waals surface area contributed by atoms with Crippen LogP contribution in [0.3, 0.4) is 0 Å². The molecule has 4 aromatic rings. The topological polar surface area (TPSA) is 97.7 Å². The zero-order chi connectivity index (χ0) is 31.6. The monoisotopic (exact) mass is 626 g/mol. The van der Waals surface area contributed by atoms with Crippen LogP contribution in [0.4, 0.5) is 0 Å². The highest BCUT2D eigenvalue weighted by atomic mass is 32.2. The number of amides is 2. The molecule has 1 saturated heterocycles. The van der Waals surface area contributed by atoms with Crippen molar-refractivity contribution >= 4 is 38.7 Å². The van der Waals surface area contributed by atoms with Gasteiger partial charge in [-0.2, -0.15) is 4.31 Å². The van der Waals surface area contributed by atoms with Gasteiger partial charge in [-0.15, -0.1) is 0 Å². The first kappa shape index (κ1) is 30.5. The van der Waals surface area contributed by atoms with Gasteiger partial charge in [0.2, 0.25) is 10.0 Å². The molecule has 1 N–H and O–H groups in total. The summed E-state index contributed by atoms with van der Waals surface area (Å²) < 4.78 is 40.7. The lowest BCUT2D eigenvalue weighted by atomic mass is 9.94. The summed E-state index contributed by atoms with van der Waals surface area (Å²) in [5.41, 5.74) is 2.50. The number of imide groups is 1. The second kappa shape index (κ2) is 12.8. The van der Waals surface area contributed by atoms with Crippen LogP contribution < -0.4 is 14.4 Å². The van der Waals surface area contributed by atoms with E-state index < -0.39 is 21.8 Å². The van der Waals surface area contributed by atoms with Gasteiger partial charge in [0.15, 0.2) is 11.5 Å². The molecule has 0 aromatic heterocycles.